The Morgan fingerprint density at radius 1 is 1.36 bits per heavy atom. The third kappa shape index (κ3) is 7.94. The average Bonchev–Trinajstić information content (AvgIpc) is 2.45. The number of aromatic nitrogens is 4. The van der Waals surface area contributed by atoms with Crippen molar-refractivity contribution in [3.63, 3.8) is 0 Å². The van der Waals surface area contributed by atoms with Gasteiger partial charge in [-0.15, -0.1) is 0 Å². The molecular formula is C11H12N4O6S. The number of aryl methyl sites for hydroxylation is 1. The zero-order chi connectivity index (χ0) is 16.6. The number of nitrogens with zero attached hydrogens (tertiary/aromatic N) is 4. The van der Waals surface area contributed by atoms with Crippen LogP contribution in [0.5, 0.6) is 0 Å². The second-order valence-electron chi connectivity index (χ2n) is 3.86. The summed E-state index contributed by atoms with van der Waals surface area (Å²) in [6.45, 7) is 0.357. The fraction of sp³-hybridized carbons (Fsp3) is 0.182. The van der Waals surface area contributed by atoms with Crippen LogP contribution in [-0.4, -0.2) is 43.9 Å². The predicted molar refractivity (Wildman–Crippen MR) is 70.0 cm³/mol. The lowest BCUT2D eigenvalue weighted by Crippen LogP contribution is -2.38. The number of hydrogen-bond donors (Lipinski definition) is 2. The fourth-order valence-corrected chi connectivity index (χ4v) is 1.33. The monoisotopic (exact) mass is 328 g/mol. The van der Waals surface area contributed by atoms with E-state index in [0.29, 0.717) is 6.54 Å². The molecule has 10 nitrogen and oxygen atoms in total. The summed E-state index contributed by atoms with van der Waals surface area (Å²) in [6, 6.07) is 5.47. The van der Waals surface area contributed by atoms with E-state index in [9.17, 15) is 4.79 Å². The first-order chi connectivity index (χ1) is 10.3. The maximum atomic E-state index is 10.4. The second kappa shape index (κ2) is 8.07. The molecule has 0 amide bonds. The molecule has 2 aromatic heterocycles. The van der Waals surface area contributed by atoms with Crippen molar-refractivity contribution in [2.45, 2.75) is 13.0 Å². The van der Waals surface area contributed by atoms with Gasteiger partial charge in [-0.1, -0.05) is 4.68 Å². The van der Waals surface area contributed by atoms with E-state index in [4.69, 9.17) is 22.6 Å². The highest BCUT2D eigenvalue weighted by Gasteiger charge is 2.07. The molecule has 0 unspecified atom stereocenters. The Kier molecular flexibility index (Phi) is 6.44. The van der Waals surface area contributed by atoms with Crippen molar-refractivity contribution in [1.29, 1.82) is 0 Å². The van der Waals surface area contributed by atoms with E-state index in [-0.39, 0.29) is 6.42 Å². The maximum absolute atomic E-state index is 10.4. The molecule has 0 bridgehead atoms. The third-order valence-electron chi connectivity index (χ3n) is 2.19. The minimum Gasteiger partial charge on any atom is -0.726 e. The van der Waals surface area contributed by atoms with Crippen LogP contribution in [0.3, 0.4) is 0 Å². The van der Waals surface area contributed by atoms with Crippen molar-refractivity contribution in [3.05, 3.63) is 36.8 Å². The Morgan fingerprint density at radius 2 is 2.05 bits per heavy atom. The molecule has 0 fully saturated rings. The quantitative estimate of drug-likeness (QED) is 0.420. The Morgan fingerprint density at radius 3 is 2.50 bits per heavy atom. The molecule has 118 valence electrons. The molecule has 0 aliphatic rings. The van der Waals surface area contributed by atoms with Crippen LogP contribution in [0.15, 0.2) is 36.8 Å². The molecule has 22 heavy (non-hydrogen) atoms. The van der Waals surface area contributed by atoms with Gasteiger partial charge in [-0.25, -0.2) is 8.42 Å². The number of carboxylic acid groups (broad SMARTS) is 1. The molecule has 11 heteroatoms. The maximum Gasteiger partial charge on any atom is 0.309 e. The van der Waals surface area contributed by atoms with Crippen LogP contribution in [0.1, 0.15) is 6.42 Å². The molecule has 0 saturated carbocycles. The minimum atomic E-state index is -4.92. The van der Waals surface area contributed by atoms with Gasteiger partial charge < -0.3 is 9.66 Å². The summed E-state index contributed by atoms with van der Waals surface area (Å²) in [4.78, 5) is 10.4. The summed E-state index contributed by atoms with van der Waals surface area (Å²) >= 11 is 0. The zero-order valence-electron chi connectivity index (χ0n) is 11.1. The largest absolute Gasteiger partial charge is 0.726 e. The van der Waals surface area contributed by atoms with Gasteiger partial charge >= 0.3 is 5.97 Å². The van der Waals surface area contributed by atoms with Gasteiger partial charge in [0.25, 0.3) is 0 Å². The smallest absolute Gasteiger partial charge is 0.309 e. The molecule has 0 radical (unpaired) electrons. The van der Waals surface area contributed by atoms with Gasteiger partial charge in [0.2, 0.25) is 10.4 Å². The first-order valence-corrected chi connectivity index (χ1v) is 7.16. The van der Waals surface area contributed by atoms with Gasteiger partial charge in [-0.2, -0.15) is 10.2 Å². The second-order valence-corrected chi connectivity index (χ2v) is 4.71. The molecule has 0 atom stereocenters. The molecule has 2 aromatic rings. The number of carboxylic acids is 1. The van der Waals surface area contributed by atoms with Gasteiger partial charge in [-0.3, -0.25) is 9.35 Å². The van der Waals surface area contributed by atoms with E-state index < -0.39 is 16.4 Å². The molecule has 0 saturated heterocycles. The van der Waals surface area contributed by atoms with Crippen molar-refractivity contribution in [3.8, 4) is 11.3 Å². The van der Waals surface area contributed by atoms with E-state index in [1.54, 1.807) is 29.3 Å². The molecule has 0 spiro atoms. The third-order valence-corrected chi connectivity index (χ3v) is 2.19. The molecule has 0 aromatic carbocycles. The number of rotatable bonds is 4. The summed E-state index contributed by atoms with van der Waals surface area (Å²) in [5, 5.41) is 20.4. The van der Waals surface area contributed by atoms with E-state index in [1.807, 2.05) is 12.1 Å². The Bertz CT molecular complexity index is 697. The van der Waals surface area contributed by atoms with Gasteiger partial charge in [0.05, 0.1) is 5.69 Å². The molecular weight excluding hydrogens is 316 g/mol. The van der Waals surface area contributed by atoms with Crippen molar-refractivity contribution in [1.82, 2.24) is 15.3 Å². The van der Waals surface area contributed by atoms with E-state index >= 15 is 0 Å². The van der Waals surface area contributed by atoms with E-state index in [0.717, 1.165) is 11.3 Å². The normalized spacial score (nSPS) is 10.5. The molecule has 2 rings (SSSR count). The SMILES string of the molecule is O=C(O)CC[n+]1ccc(-c2cccnn2)cn1.O=S(=O)([O-])O. The van der Waals surface area contributed by atoms with Crippen molar-refractivity contribution < 1.29 is 32.1 Å². The van der Waals surface area contributed by atoms with Crippen LogP contribution >= 0.6 is 0 Å². The van der Waals surface area contributed by atoms with E-state index in [1.165, 1.54) is 0 Å². The van der Waals surface area contributed by atoms with Crippen LogP contribution in [0.4, 0.5) is 0 Å². The van der Waals surface area contributed by atoms with Crippen LogP contribution in [0.2, 0.25) is 0 Å². The Hall–Kier alpha value is -2.50. The van der Waals surface area contributed by atoms with Crippen LogP contribution in [0.25, 0.3) is 11.3 Å². The lowest BCUT2D eigenvalue weighted by molar-refractivity contribution is -0.752. The lowest BCUT2D eigenvalue weighted by Gasteiger charge is -1.96. The Balaban J connectivity index is 0.000000422. The summed E-state index contributed by atoms with van der Waals surface area (Å²) in [7, 11) is -4.92. The van der Waals surface area contributed by atoms with Gasteiger partial charge in [0.15, 0.2) is 12.7 Å². The molecule has 2 N–H and O–H groups in total. The van der Waals surface area contributed by atoms with Crippen LogP contribution in [-0.2, 0) is 21.7 Å². The average molecular weight is 328 g/mol. The number of hydrogen-bond acceptors (Lipinski definition) is 7. The highest BCUT2D eigenvalue weighted by atomic mass is 32.3. The number of aliphatic carboxylic acids is 1. The van der Waals surface area contributed by atoms with Crippen LogP contribution < -0.4 is 4.68 Å². The van der Waals surface area contributed by atoms with Gasteiger partial charge in [0, 0.05) is 17.8 Å². The summed E-state index contributed by atoms with van der Waals surface area (Å²) < 4.78 is 34.4. The fourth-order valence-electron chi connectivity index (χ4n) is 1.33. The summed E-state index contributed by atoms with van der Waals surface area (Å²) in [5.74, 6) is -0.836. The summed E-state index contributed by atoms with van der Waals surface area (Å²) in [6.07, 6.45) is 5.04. The lowest BCUT2D eigenvalue weighted by atomic mass is 10.2. The topological polar surface area (TPSA) is 157 Å². The minimum absolute atomic E-state index is 0.0577. The van der Waals surface area contributed by atoms with Crippen molar-refractivity contribution in [2.24, 2.45) is 0 Å². The van der Waals surface area contributed by atoms with E-state index in [2.05, 4.69) is 15.3 Å². The van der Waals surface area contributed by atoms with Crippen LogP contribution in [0, 0.1) is 0 Å². The zero-order valence-corrected chi connectivity index (χ0v) is 11.9. The first-order valence-electron chi connectivity index (χ1n) is 5.79. The predicted octanol–water partition coefficient (Wildman–Crippen LogP) is -0.695. The highest BCUT2D eigenvalue weighted by molar-refractivity contribution is 7.79. The summed E-state index contributed by atoms with van der Waals surface area (Å²) in [5.41, 5.74) is 1.59. The molecule has 2 heterocycles. The van der Waals surface area contributed by atoms with Crippen molar-refractivity contribution >= 4 is 16.4 Å². The molecule has 0 aliphatic heterocycles. The first kappa shape index (κ1) is 17.6. The van der Waals surface area contributed by atoms with Gasteiger partial charge in [-0.05, 0) is 17.2 Å². The number of carbonyl (C=O) groups is 1. The highest BCUT2D eigenvalue weighted by Crippen LogP contribution is 2.11. The Labute approximate surface area is 125 Å². The van der Waals surface area contributed by atoms with Gasteiger partial charge in [0.1, 0.15) is 12.6 Å². The molecule has 0 aliphatic carbocycles. The van der Waals surface area contributed by atoms with Crippen molar-refractivity contribution in [2.75, 3.05) is 0 Å². The standard InChI is InChI=1S/C11H10N4O2.H2O4S/c16-11(17)4-7-15-6-3-9(8-13-15)10-2-1-5-12-14-10;1-5(2,3)4/h1-3,5-6,8H,4,7H2;(H2,1,2,3,4).